The summed E-state index contributed by atoms with van der Waals surface area (Å²) in [4.78, 5) is 2.61. The molecule has 9 heavy (non-hydrogen) atoms. The molecule has 0 N–H and O–H groups in total. The van der Waals surface area contributed by atoms with Crippen LogP contribution in [0.4, 0.5) is 0 Å². The van der Waals surface area contributed by atoms with E-state index in [0.717, 1.165) is 0 Å². The van der Waals surface area contributed by atoms with Gasteiger partial charge in [-0.15, -0.1) is 0 Å². The third-order valence-electron chi connectivity index (χ3n) is 1.74. The third kappa shape index (κ3) is 2.50. The van der Waals surface area contributed by atoms with Crippen LogP contribution in [0.15, 0.2) is 0 Å². The molecule has 53 valence electrons. The van der Waals surface area contributed by atoms with E-state index in [-0.39, 0.29) is 8.80 Å². The van der Waals surface area contributed by atoms with Gasteiger partial charge in [-0.25, -0.2) is 0 Å². The van der Waals surface area contributed by atoms with E-state index in [2.05, 4.69) is 18.0 Å². The van der Waals surface area contributed by atoms with Gasteiger partial charge in [0.2, 0.25) is 0 Å². The second kappa shape index (κ2) is 3.37. The van der Waals surface area contributed by atoms with Gasteiger partial charge in [0.05, 0.1) is 8.80 Å². The number of nitrogens with zero attached hydrogens (tertiary/aromatic N) is 1. The van der Waals surface area contributed by atoms with Crippen molar-refractivity contribution >= 4 is 8.80 Å². The second-order valence-corrected chi connectivity index (χ2v) is 5.92. The Balaban J connectivity index is 2.11. The van der Waals surface area contributed by atoms with Gasteiger partial charge in [0.1, 0.15) is 0 Å². The van der Waals surface area contributed by atoms with Crippen molar-refractivity contribution < 1.29 is 0 Å². The summed E-state index contributed by atoms with van der Waals surface area (Å²) in [6.07, 6.45) is 4.29. The number of hydrogen-bond donors (Lipinski definition) is 0. The summed E-state index contributed by atoms with van der Waals surface area (Å²) in [6, 6.07) is 0. The van der Waals surface area contributed by atoms with Crippen molar-refractivity contribution in [3.05, 3.63) is 0 Å². The Hall–Kier alpha value is 0.177. The Morgan fingerprint density at radius 1 is 1.22 bits per heavy atom. The first-order valence-electron chi connectivity index (χ1n) is 3.80. The molecule has 0 aromatic heterocycles. The molecule has 0 aromatic carbocycles. The fraction of sp³-hybridized carbons (Fsp3) is 1.00. The topological polar surface area (TPSA) is 3.24 Å². The molecule has 1 saturated heterocycles. The van der Waals surface area contributed by atoms with Crippen molar-refractivity contribution in [1.82, 2.24) is 4.90 Å². The molecule has 0 spiro atoms. The lowest BCUT2D eigenvalue weighted by Crippen LogP contribution is -2.28. The Labute approximate surface area is 59.7 Å². The summed E-state index contributed by atoms with van der Waals surface area (Å²) in [5.41, 5.74) is 0. The Bertz CT molecular complexity index is 77.0. The van der Waals surface area contributed by atoms with Crippen LogP contribution in [0.25, 0.3) is 0 Å². The van der Waals surface area contributed by atoms with Crippen LogP contribution >= 0.6 is 0 Å². The van der Waals surface area contributed by atoms with Crippen LogP contribution in [0.3, 0.4) is 0 Å². The highest BCUT2D eigenvalue weighted by Crippen LogP contribution is 2.06. The third-order valence-corrected chi connectivity index (χ3v) is 2.82. The average Bonchev–Trinajstić information content (AvgIpc) is 2.15. The molecular weight excluding hydrogens is 126 g/mol. The molecule has 1 fully saturated rings. The normalized spacial score (nSPS) is 21.7. The molecule has 0 bridgehead atoms. The molecule has 1 heterocycles. The van der Waals surface area contributed by atoms with Crippen molar-refractivity contribution in [1.29, 1.82) is 0 Å². The summed E-state index contributed by atoms with van der Waals surface area (Å²) >= 11 is 0. The minimum atomic E-state index is 0.00834. The number of likely N-dealkylation sites (tertiary alicyclic amines) is 1. The van der Waals surface area contributed by atoms with Crippen LogP contribution in [0.5, 0.6) is 0 Å². The summed E-state index contributed by atoms with van der Waals surface area (Å²) < 4.78 is 0. The van der Waals surface area contributed by atoms with Crippen molar-refractivity contribution in [2.75, 3.05) is 19.3 Å². The molecule has 1 radical (unpaired) electrons. The van der Waals surface area contributed by atoms with Crippen molar-refractivity contribution in [2.24, 2.45) is 0 Å². The van der Waals surface area contributed by atoms with Crippen LogP contribution < -0.4 is 0 Å². The van der Waals surface area contributed by atoms with E-state index < -0.39 is 0 Å². The molecule has 0 aromatic rings. The highest BCUT2D eigenvalue weighted by molar-refractivity contribution is 6.55. The van der Waals surface area contributed by atoms with Crippen molar-refractivity contribution in [3.8, 4) is 0 Å². The van der Waals surface area contributed by atoms with E-state index in [1.165, 1.54) is 32.1 Å². The van der Waals surface area contributed by atoms with E-state index in [4.69, 9.17) is 0 Å². The van der Waals surface area contributed by atoms with Crippen LogP contribution in [-0.4, -0.2) is 33.0 Å². The standard InChI is InChI=1S/C7H16NSi/c1-9(2)7-8-5-3-4-6-8/h3-7H2,1-2H3. The zero-order chi connectivity index (χ0) is 6.69. The van der Waals surface area contributed by atoms with Crippen LogP contribution in [0.1, 0.15) is 12.8 Å². The van der Waals surface area contributed by atoms with Gasteiger partial charge in [-0.1, -0.05) is 13.1 Å². The molecule has 2 heteroatoms. The zero-order valence-corrected chi connectivity index (χ0v) is 7.48. The molecule has 0 saturated carbocycles. The second-order valence-electron chi connectivity index (χ2n) is 3.19. The fourth-order valence-electron chi connectivity index (χ4n) is 1.39. The van der Waals surface area contributed by atoms with Gasteiger partial charge >= 0.3 is 0 Å². The maximum absolute atomic E-state index is 2.61. The summed E-state index contributed by atoms with van der Waals surface area (Å²) in [6.45, 7) is 7.53. The lowest BCUT2D eigenvalue weighted by atomic mass is 10.4. The van der Waals surface area contributed by atoms with E-state index in [1.807, 2.05) is 0 Å². The maximum Gasteiger partial charge on any atom is 0.0584 e. The molecule has 1 nitrogen and oxygen atoms in total. The molecule has 0 atom stereocenters. The molecule has 0 aliphatic carbocycles. The van der Waals surface area contributed by atoms with E-state index in [1.54, 1.807) is 0 Å². The Kier molecular flexibility index (Phi) is 2.73. The molecule has 1 rings (SSSR count). The molecule has 0 unspecified atom stereocenters. The average molecular weight is 142 g/mol. The fourth-order valence-corrected chi connectivity index (χ4v) is 2.60. The molecule has 1 aliphatic heterocycles. The van der Waals surface area contributed by atoms with Gasteiger partial charge in [-0.3, -0.25) is 0 Å². The summed E-state index contributed by atoms with van der Waals surface area (Å²) in [7, 11) is 0.00834. The summed E-state index contributed by atoms with van der Waals surface area (Å²) in [5.74, 6) is 0. The Morgan fingerprint density at radius 2 is 1.78 bits per heavy atom. The highest BCUT2D eigenvalue weighted by Gasteiger charge is 2.12. The van der Waals surface area contributed by atoms with E-state index in [9.17, 15) is 0 Å². The maximum atomic E-state index is 2.61. The van der Waals surface area contributed by atoms with Gasteiger partial charge < -0.3 is 4.90 Å². The van der Waals surface area contributed by atoms with E-state index >= 15 is 0 Å². The first kappa shape index (κ1) is 7.29. The van der Waals surface area contributed by atoms with Gasteiger partial charge in [0.15, 0.2) is 0 Å². The van der Waals surface area contributed by atoms with E-state index in [0.29, 0.717) is 0 Å². The Morgan fingerprint density at radius 3 is 2.22 bits per heavy atom. The molecule has 1 aliphatic rings. The number of rotatable bonds is 2. The first-order chi connectivity index (χ1) is 4.29. The van der Waals surface area contributed by atoms with Gasteiger partial charge in [0, 0.05) is 0 Å². The SMILES string of the molecule is C[Si](C)CN1CCCC1. The predicted molar refractivity (Wildman–Crippen MR) is 43.2 cm³/mol. The van der Waals surface area contributed by atoms with Gasteiger partial charge in [-0.05, 0) is 32.1 Å². The van der Waals surface area contributed by atoms with Crippen molar-refractivity contribution in [2.45, 2.75) is 25.9 Å². The number of hydrogen-bond acceptors (Lipinski definition) is 1. The lowest BCUT2D eigenvalue weighted by molar-refractivity contribution is 0.392. The first-order valence-corrected chi connectivity index (χ1v) is 6.51. The minimum Gasteiger partial charge on any atom is -0.306 e. The van der Waals surface area contributed by atoms with Crippen LogP contribution in [-0.2, 0) is 0 Å². The highest BCUT2D eigenvalue weighted by atomic mass is 28.3. The zero-order valence-electron chi connectivity index (χ0n) is 6.48. The monoisotopic (exact) mass is 142 g/mol. The van der Waals surface area contributed by atoms with Crippen LogP contribution in [0, 0.1) is 0 Å². The largest absolute Gasteiger partial charge is 0.306 e. The van der Waals surface area contributed by atoms with Crippen LogP contribution in [0.2, 0.25) is 13.1 Å². The smallest absolute Gasteiger partial charge is 0.0584 e. The lowest BCUT2D eigenvalue weighted by Gasteiger charge is -2.15. The van der Waals surface area contributed by atoms with Gasteiger partial charge in [0.25, 0.3) is 0 Å². The van der Waals surface area contributed by atoms with Crippen molar-refractivity contribution in [3.63, 3.8) is 0 Å². The summed E-state index contributed by atoms with van der Waals surface area (Å²) in [5, 5.41) is 0. The molecule has 0 amide bonds. The molecular formula is C7H16NSi. The quantitative estimate of drug-likeness (QED) is 0.526. The predicted octanol–water partition coefficient (Wildman–Crippen LogP) is 1.38. The van der Waals surface area contributed by atoms with Gasteiger partial charge in [-0.2, -0.15) is 0 Å². The minimum absolute atomic E-state index is 0.00834.